The van der Waals surface area contributed by atoms with E-state index >= 15 is 0 Å². The number of cyclic esters (lactones) is 1. The molecule has 1 fully saturated rings. The molecule has 0 radical (unpaired) electrons. The third-order valence-electron chi connectivity index (χ3n) is 8.47. The van der Waals surface area contributed by atoms with Crippen LogP contribution in [0.3, 0.4) is 0 Å². The fourth-order valence-corrected chi connectivity index (χ4v) is 6.31. The van der Waals surface area contributed by atoms with Crippen molar-refractivity contribution in [3.8, 4) is 22.9 Å². The summed E-state index contributed by atoms with van der Waals surface area (Å²) in [5, 5.41) is 15.9. The predicted molar refractivity (Wildman–Crippen MR) is 134 cm³/mol. The van der Waals surface area contributed by atoms with E-state index in [2.05, 4.69) is 5.32 Å². The Hall–Kier alpha value is -3.43. The zero-order chi connectivity index (χ0) is 25.3. The zero-order valence-corrected chi connectivity index (χ0v) is 20.8. The fourth-order valence-electron chi connectivity index (χ4n) is 6.31. The lowest BCUT2D eigenvalue weighted by Gasteiger charge is -2.31. The smallest absolute Gasteiger partial charge is 0.343 e. The quantitative estimate of drug-likeness (QED) is 0.409. The van der Waals surface area contributed by atoms with Gasteiger partial charge in [0.15, 0.2) is 17.1 Å². The summed E-state index contributed by atoms with van der Waals surface area (Å²) >= 11 is 0. The van der Waals surface area contributed by atoms with Crippen LogP contribution < -0.4 is 20.3 Å². The van der Waals surface area contributed by atoms with E-state index < -0.39 is 11.6 Å². The first-order valence-corrected chi connectivity index (χ1v) is 13.1. The summed E-state index contributed by atoms with van der Waals surface area (Å²) < 4.78 is 18.2. The number of fused-ring (bicyclic) bond motifs is 6. The van der Waals surface area contributed by atoms with Crippen LogP contribution in [0, 0.1) is 0 Å². The summed E-state index contributed by atoms with van der Waals surface area (Å²) in [5.41, 5.74) is 2.67. The number of benzene rings is 1. The fraction of sp³-hybridized carbons (Fsp3) is 0.464. The number of hydrogen-bond donors (Lipinski definition) is 2. The molecule has 3 aromatic rings. The normalized spacial score (nSPS) is 22.1. The molecule has 0 spiro atoms. The topological polar surface area (TPSA) is 112 Å². The summed E-state index contributed by atoms with van der Waals surface area (Å²) in [5.74, 6) is 0.622. The first-order chi connectivity index (χ1) is 18.0. The highest BCUT2D eigenvalue weighted by molar-refractivity contribution is 5.91. The standard InChI is InChI=1S/C28H29N3O6/c1-2-28(34)20-9-22-25-18(12-31(22)26(32)19(20)13-35-27(28)33)17(11-29-15-6-4-3-5-7-15)16-8-23-24(37-14-36-23)10-21(16)30-25/h8-10,15,29,34H,2-7,11-14H2,1H3/t28-/m0/s1. The monoisotopic (exact) mass is 503 g/mol. The maximum atomic E-state index is 13.6. The van der Waals surface area contributed by atoms with E-state index in [1.807, 2.05) is 12.1 Å². The summed E-state index contributed by atoms with van der Waals surface area (Å²) in [6, 6.07) is 6.10. The van der Waals surface area contributed by atoms with Crippen LogP contribution >= 0.6 is 0 Å². The lowest BCUT2D eigenvalue weighted by atomic mass is 9.86. The Morgan fingerprint density at radius 2 is 1.86 bits per heavy atom. The predicted octanol–water partition coefficient (Wildman–Crippen LogP) is 3.23. The van der Waals surface area contributed by atoms with Gasteiger partial charge in [-0.25, -0.2) is 9.78 Å². The summed E-state index contributed by atoms with van der Waals surface area (Å²) in [4.78, 5) is 31.1. The highest BCUT2D eigenvalue weighted by atomic mass is 16.7. The molecule has 4 aliphatic rings. The Morgan fingerprint density at radius 1 is 1.08 bits per heavy atom. The molecule has 7 rings (SSSR count). The number of nitrogens with one attached hydrogen (secondary N) is 1. The zero-order valence-electron chi connectivity index (χ0n) is 20.8. The van der Waals surface area contributed by atoms with Gasteiger partial charge >= 0.3 is 5.97 Å². The van der Waals surface area contributed by atoms with Gasteiger partial charge in [0.1, 0.15) is 6.61 Å². The molecule has 37 heavy (non-hydrogen) atoms. The SMILES string of the molecule is CC[C@@]1(O)C(=O)OCc2c1cc1n(c2=O)Cc2c-1nc1cc3c(cc1c2CNC1CCCCC1)OCO3. The molecule has 2 aromatic heterocycles. The van der Waals surface area contributed by atoms with E-state index in [0.29, 0.717) is 53.1 Å². The molecule has 1 atom stereocenters. The lowest BCUT2D eigenvalue weighted by molar-refractivity contribution is -0.172. The Kier molecular flexibility index (Phi) is 5.10. The second kappa shape index (κ2) is 8.29. The molecule has 0 amide bonds. The number of aliphatic hydroxyl groups is 1. The summed E-state index contributed by atoms with van der Waals surface area (Å²) in [7, 11) is 0. The molecule has 0 saturated heterocycles. The van der Waals surface area contributed by atoms with Crippen LogP contribution in [-0.4, -0.2) is 33.5 Å². The van der Waals surface area contributed by atoms with Crippen molar-refractivity contribution in [3.05, 3.63) is 50.8 Å². The highest BCUT2D eigenvalue weighted by Gasteiger charge is 2.45. The third kappa shape index (κ3) is 3.33. The maximum absolute atomic E-state index is 13.6. The van der Waals surface area contributed by atoms with Crippen LogP contribution in [0.5, 0.6) is 11.5 Å². The number of carbonyl (C=O) groups is 1. The van der Waals surface area contributed by atoms with E-state index in [9.17, 15) is 14.7 Å². The van der Waals surface area contributed by atoms with Gasteiger partial charge in [-0.1, -0.05) is 26.2 Å². The number of esters is 1. The van der Waals surface area contributed by atoms with Crippen molar-refractivity contribution < 1.29 is 24.1 Å². The molecule has 9 nitrogen and oxygen atoms in total. The lowest BCUT2D eigenvalue weighted by Crippen LogP contribution is -2.44. The Balaban J connectivity index is 1.41. The molecule has 5 heterocycles. The van der Waals surface area contributed by atoms with Gasteiger partial charge in [0.2, 0.25) is 6.79 Å². The van der Waals surface area contributed by atoms with Gasteiger partial charge < -0.3 is 29.2 Å². The Labute approximate surface area is 213 Å². The number of nitrogens with zero attached hydrogens (tertiary/aromatic N) is 2. The van der Waals surface area contributed by atoms with Crippen molar-refractivity contribution in [1.82, 2.24) is 14.9 Å². The van der Waals surface area contributed by atoms with Gasteiger partial charge in [-0.2, -0.15) is 0 Å². The minimum absolute atomic E-state index is 0.111. The first-order valence-electron chi connectivity index (χ1n) is 13.1. The number of rotatable bonds is 4. The van der Waals surface area contributed by atoms with Crippen LogP contribution in [-0.2, 0) is 34.8 Å². The van der Waals surface area contributed by atoms with Crippen LogP contribution in [0.2, 0.25) is 0 Å². The van der Waals surface area contributed by atoms with Gasteiger partial charge in [0.25, 0.3) is 5.56 Å². The molecule has 192 valence electrons. The van der Waals surface area contributed by atoms with Crippen LogP contribution in [0.1, 0.15) is 67.7 Å². The van der Waals surface area contributed by atoms with E-state index in [4.69, 9.17) is 19.2 Å². The van der Waals surface area contributed by atoms with Crippen molar-refractivity contribution in [2.75, 3.05) is 6.79 Å². The van der Waals surface area contributed by atoms with Crippen molar-refractivity contribution >= 4 is 16.9 Å². The number of ether oxygens (including phenoxy) is 3. The highest BCUT2D eigenvalue weighted by Crippen LogP contribution is 2.43. The molecule has 9 heteroatoms. The molecule has 2 N–H and O–H groups in total. The van der Waals surface area contributed by atoms with Gasteiger partial charge in [-0.3, -0.25) is 4.79 Å². The molecule has 3 aliphatic heterocycles. The molecular weight excluding hydrogens is 474 g/mol. The van der Waals surface area contributed by atoms with Crippen molar-refractivity contribution in [3.63, 3.8) is 0 Å². The molecule has 0 bridgehead atoms. The largest absolute Gasteiger partial charge is 0.458 e. The van der Waals surface area contributed by atoms with E-state index in [-0.39, 0.29) is 25.4 Å². The molecule has 0 unspecified atom stereocenters. The number of carbonyl (C=O) groups excluding carboxylic acids is 1. The molecule has 1 aliphatic carbocycles. The maximum Gasteiger partial charge on any atom is 0.343 e. The molecule has 1 saturated carbocycles. The van der Waals surface area contributed by atoms with E-state index in [1.165, 1.54) is 19.3 Å². The Bertz CT molecular complexity index is 1520. The van der Waals surface area contributed by atoms with Crippen LogP contribution in [0.4, 0.5) is 0 Å². The minimum Gasteiger partial charge on any atom is -0.458 e. The van der Waals surface area contributed by atoms with Gasteiger partial charge in [0.05, 0.1) is 29.0 Å². The second-order valence-electron chi connectivity index (χ2n) is 10.5. The van der Waals surface area contributed by atoms with Gasteiger partial charge in [-0.15, -0.1) is 0 Å². The first kappa shape index (κ1) is 22.7. The third-order valence-corrected chi connectivity index (χ3v) is 8.47. The van der Waals surface area contributed by atoms with Crippen LogP contribution in [0.15, 0.2) is 23.0 Å². The van der Waals surface area contributed by atoms with Crippen molar-refractivity contribution in [2.45, 2.75) is 76.8 Å². The average molecular weight is 504 g/mol. The number of pyridine rings is 2. The number of aromatic nitrogens is 2. The van der Waals surface area contributed by atoms with Crippen LogP contribution in [0.25, 0.3) is 22.3 Å². The average Bonchev–Trinajstić information content (AvgIpc) is 3.53. The van der Waals surface area contributed by atoms with Gasteiger partial charge in [0, 0.05) is 35.2 Å². The summed E-state index contributed by atoms with van der Waals surface area (Å²) in [6.45, 7) is 2.76. The number of hydrogen-bond acceptors (Lipinski definition) is 8. The van der Waals surface area contributed by atoms with E-state index in [0.717, 1.165) is 34.9 Å². The molecular formula is C28H29N3O6. The Morgan fingerprint density at radius 3 is 2.65 bits per heavy atom. The minimum atomic E-state index is -1.85. The second-order valence-corrected chi connectivity index (χ2v) is 10.5. The summed E-state index contributed by atoms with van der Waals surface area (Å²) in [6.07, 6.45) is 6.19. The molecule has 1 aromatic carbocycles. The van der Waals surface area contributed by atoms with Crippen molar-refractivity contribution in [1.29, 1.82) is 0 Å². The van der Waals surface area contributed by atoms with E-state index in [1.54, 1.807) is 17.6 Å². The van der Waals surface area contributed by atoms with Crippen molar-refractivity contribution in [2.24, 2.45) is 0 Å². The van der Waals surface area contributed by atoms with Gasteiger partial charge in [-0.05, 0) is 37.0 Å².